The number of rotatable bonds is 5. The lowest BCUT2D eigenvalue weighted by Gasteiger charge is -2.19. The molecule has 0 atom stereocenters. The summed E-state index contributed by atoms with van der Waals surface area (Å²) in [5.41, 5.74) is 0.808. The number of aryl methyl sites for hydroxylation is 1. The van der Waals surface area contributed by atoms with Gasteiger partial charge in [-0.25, -0.2) is 4.68 Å². The number of ether oxygens (including phenoxy) is 1. The summed E-state index contributed by atoms with van der Waals surface area (Å²) in [5.74, 6) is 0.231. The first kappa shape index (κ1) is 15.0. The summed E-state index contributed by atoms with van der Waals surface area (Å²) >= 11 is 0. The molecule has 112 valence electrons. The van der Waals surface area contributed by atoms with E-state index in [9.17, 15) is 9.90 Å². The minimum atomic E-state index is -0.971. The summed E-state index contributed by atoms with van der Waals surface area (Å²) in [6.45, 7) is 5.39. The highest BCUT2D eigenvalue weighted by atomic mass is 16.5. The molecule has 7 nitrogen and oxygen atoms in total. The smallest absolute Gasteiger partial charge is 0.310 e. The molecule has 0 spiro atoms. The number of carboxylic acids is 1. The number of hydrogen-bond acceptors (Lipinski definition) is 5. The van der Waals surface area contributed by atoms with Gasteiger partial charge in [-0.05, 0) is 43.3 Å². The monoisotopic (exact) mass is 290 g/mol. The quantitative estimate of drug-likeness (QED) is 0.902. The molecule has 0 saturated carbocycles. The molecule has 0 amide bonds. The van der Waals surface area contributed by atoms with E-state index < -0.39 is 11.4 Å². The molecule has 0 unspecified atom stereocenters. The van der Waals surface area contributed by atoms with Gasteiger partial charge in [-0.1, -0.05) is 11.6 Å². The van der Waals surface area contributed by atoms with Crippen LogP contribution in [0.5, 0.6) is 5.75 Å². The summed E-state index contributed by atoms with van der Waals surface area (Å²) < 4.78 is 6.82. The van der Waals surface area contributed by atoms with Crippen molar-refractivity contribution in [3.63, 3.8) is 0 Å². The van der Waals surface area contributed by atoms with Gasteiger partial charge in [0.2, 0.25) is 0 Å². The van der Waals surface area contributed by atoms with Gasteiger partial charge in [-0.3, -0.25) is 4.79 Å². The molecule has 2 rings (SSSR count). The average molecular weight is 290 g/mol. The molecule has 0 aliphatic carbocycles. The molecular weight excluding hydrogens is 272 g/mol. The lowest BCUT2D eigenvalue weighted by atomic mass is 9.94. The molecule has 1 N–H and O–H groups in total. The summed E-state index contributed by atoms with van der Waals surface area (Å²) in [7, 11) is 1.57. The third-order valence-electron chi connectivity index (χ3n) is 3.25. The number of tetrazole rings is 1. The van der Waals surface area contributed by atoms with E-state index in [1.165, 1.54) is 4.68 Å². The Kier molecular flexibility index (Phi) is 3.93. The first-order chi connectivity index (χ1) is 9.85. The Morgan fingerprint density at radius 1 is 1.43 bits per heavy atom. The van der Waals surface area contributed by atoms with Crippen molar-refractivity contribution in [1.29, 1.82) is 0 Å². The van der Waals surface area contributed by atoms with E-state index in [-0.39, 0.29) is 6.54 Å². The maximum absolute atomic E-state index is 11.3. The number of carbonyl (C=O) groups is 1. The van der Waals surface area contributed by atoms with Gasteiger partial charge in [0, 0.05) is 0 Å². The zero-order valence-electron chi connectivity index (χ0n) is 12.5. The van der Waals surface area contributed by atoms with Crippen LogP contribution in [0.15, 0.2) is 18.2 Å². The number of benzene rings is 1. The predicted molar refractivity (Wildman–Crippen MR) is 76.0 cm³/mol. The topological polar surface area (TPSA) is 90.1 Å². The van der Waals surface area contributed by atoms with Gasteiger partial charge in [0.25, 0.3) is 0 Å². The van der Waals surface area contributed by atoms with Gasteiger partial charge in [0.05, 0.1) is 24.6 Å². The number of hydrogen-bond donors (Lipinski definition) is 1. The van der Waals surface area contributed by atoms with E-state index in [1.54, 1.807) is 21.0 Å². The summed E-state index contributed by atoms with van der Waals surface area (Å²) in [6, 6.07) is 5.68. The van der Waals surface area contributed by atoms with Crippen LogP contribution in [0.4, 0.5) is 0 Å². The van der Waals surface area contributed by atoms with Crippen LogP contribution in [0.3, 0.4) is 0 Å². The fraction of sp³-hybridized carbons (Fsp3) is 0.429. The van der Waals surface area contributed by atoms with Crippen LogP contribution in [0, 0.1) is 12.3 Å². The molecule has 0 saturated heterocycles. The standard InChI is InChI=1S/C14H18N4O3/c1-9-5-6-11(21-4)10(7-9)12-15-16-17-18(12)8-14(2,3)13(19)20/h5-7H,8H2,1-4H3,(H,19,20). The van der Waals surface area contributed by atoms with Crippen molar-refractivity contribution in [1.82, 2.24) is 20.2 Å². The minimum Gasteiger partial charge on any atom is -0.496 e. The van der Waals surface area contributed by atoms with Gasteiger partial charge in [-0.15, -0.1) is 5.10 Å². The van der Waals surface area contributed by atoms with Crippen LogP contribution in [0.2, 0.25) is 0 Å². The lowest BCUT2D eigenvalue weighted by Crippen LogP contribution is -2.30. The Bertz CT molecular complexity index is 664. The van der Waals surface area contributed by atoms with Crippen LogP contribution in [0.1, 0.15) is 19.4 Å². The Labute approximate surface area is 122 Å². The van der Waals surface area contributed by atoms with Crippen LogP contribution >= 0.6 is 0 Å². The first-order valence-corrected chi connectivity index (χ1v) is 6.50. The van der Waals surface area contributed by atoms with E-state index in [0.29, 0.717) is 11.6 Å². The Hall–Kier alpha value is -2.44. The summed E-state index contributed by atoms with van der Waals surface area (Å²) in [6.07, 6.45) is 0. The Morgan fingerprint density at radius 2 is 2.14 bits per heavy atom. The van der Waals surface area contributed by atoms with Crippen molar-refractivity contribution in [2.45, 2.75) is 27.3 Å². The molecular formula is C14H18N4O3. The van der Waals surface area contributed by atoms with E-state index >= 15 is 0 Å². The van der Waals surface area contributed by atoms with Crippen LogP contribution in [-0.2, 0) is 11.3 Å². The van der Waals surface area contributed by atoms with Gasteiger partial charge in [0.1, 0.15) is 5.75 Å². The highest BCUT2D eigenvalue weighted by Crippen LogP contribution is 2.30. The Balaban J connectivity index is 2.46. The molecule has 1 heterocycles. The fourth-order valence-electron chi connectivity index (χ4n) is 1.94. The minimum absolute atomic E-state index is 0.168. The lowest BCUT2D eigenvalue weighted by molar-refractivity contribution is -0.147. The summed E-state index contributed by atoms with van der Waals surface area (Å²) in [5, 5.41) is 20.8. The average Bonchev–Trinajstić information content (AvgIpc) is 2.85. The van der Waals surface area contributed by atoms with Crippen molar-refractivity contribution in [3.8, 4) is 17.1 Å². The maximum atomic E-state index is 11.3. The second kappa shape index (κ2) is 5.51. The molecule has 0 bridgehead atoms. The fourth-order valence-corrected chi connectivity index (χ4v) is 1.94. The highest BCUT2D eigenvalue weighted by Gasteiger charge is 2.30. The molecule has 1 aromatic carbocycles. The van der Waals surface area contributed by atoms with Gasteiger partial charge in [0.15, 0.2) is 5.82 Å². The second-order valence-corrected chi connectivity index (χ2v) is 5.55. The van der Waals surface area contributed by atoms with E-state index in [1.807, 2.05) is 25.1 Å². The Morgan fingerprint density at radius 3 is 2.76 bits per heavy atom. The van der Waals surface area contributed by atoms with Crippen molar-refractivity contribution in [3.05, 3.63) is 23.8 Å². The number of aliphatic carboxylic acids is 1. The molecule has 21 heavy (non-hydrogen) atoms. The van der Waals surface area contributed by atoms with E-state index in [2.05, 4.69) is 15.5 Å². The third kappa shape index (κ3) is 3.01. The van der Waals surface area contributed by atoms with E-state index in [0.717, 1.165) is 11.1 Å². The number of carboxylic acid groups (broad SMARTS) is 1. The van der Waals surface area contributed by atoms with Gasteiger partial charge in [-0.2, -0.15) is 0 Å². The largest absolute Gasteiger partial charge is 0.496 e. The second-order valence-electron chi connectivity index (χ2n) is 5.55. The number of aromatic nitrogens is 4. The van der Waals surface area contributed by atoms with Crippen LogP contribution in [-0.4, -0.2) is 38.4 Å². The predicted octanol–water partition coefficient (Wildman–Crippen LogP) is 1.77. The molecule has 0 radical (unpaired) electrons. The van der Waals surface area contributed by atoms with Crippen molar-refractivity contribution in [2.75, 3.05) is 7.11 Å². The molecule has 1 aromatic heterocycles. The summed E-state index contributed by atoms with van der Waals surface area (Å²) in [4.78, 5) is 11.3. The highest BCUT2D eigenvalue weighted by molar-refractivity contribution is 5.73. The van der Waals surface area contributed by atoms with Gasteiger partial charge >= 0.3 is 5.97 Å². The van der Waals surface area contributed by atoms with Crippen molar-refractivity contribution >= 4 is 5.97 Å². The maximum Gasteiger partial charge on any atom is 0.310 e. The van der Waals surface area contributed by atoms with E-state index in [4.69, 9.17) is 4.74 Å². The zero-order chi connectivity index (χ0) is 15.6. The zero-order valence-corrected chi connectivity index (χ0v) is 12.5. The van der Waals surface area contributed by atoms with Gasteiger partial charge < -0.3 is 9.84 Å². The van der Waals surface area contributed by atoms with Crippen molar-refractivity contribution < 1.29 is 14.6 Å². The van der Waals surface area contributed by atoms with Crippen LogP contribution < -0.4 is 4.74 Å². The number of methoxy groups -OCH3 is 1. The van der Waals surface area contributed by atoms with Crippen LogP contribution in [0.25, 0.3) is 11.4 Å². The number of nitrogens with zero attached hydrogens (tertiary/aromatic N) is 4. The molecule has 2 aromatic rings. The molecule has 0 fully saturated rings. The third-order valence-corrected chi connectivity index (χ3v) is 3.25. The SMILES string of the molecule is COc1ccc(C)cc1-c1nnnn1CC(C)(C)C(=O)O. The normalized spacial score (nSPS) is 11.4. The molecule has 0 aliphatic heterocycles. The first-order valence-electron chi connectivity index (χ1n) is 6.50. The van der Waals surface area contributed by atoms with Crippen molar-refractivity contribution in [2.24, 2.45) is 5.41 Å². The molecule has 7 heteroatoms. The molecule has 0 aliphatic rings.